The standard InChI is InChI=1S/C24H44O2/c1-19-6-3-8-21(12-19)15-25-17-23-10-5-11-24(14-23)18-26-16-22-9-4-7-20(2)13-22/h19-24H,3-18H2,1-2H3. The van der Waals surface area contributed by atoms with Gasteiger partial charge in [0.2, 0.25) is 0 Å². The van der Waals surface area contributed by atoms with Crippen LogP contribution in [-0.2, 0) is 9.47 Å². The zero-order valence-electron chi connectivity index (χ0n) is 17.6. The topological polar surface area (TPSA) is 18.5 Å². The van der Waals surface area contributed by atoms with Gasteiger partial charge < -0.3 is 9.47 Å². The van der Waals surface area contributed by atoms with Crippen LogP contribution in [0, 0.1) is 35.5 Å². The minimum atomic E-state index is 0.785. The number of ether oxygens (including phenoxy) is 2. The van der Waals surface area contributed by atoms with Crippen LogP contribution in [0.1, 0.15) is 90.9 Å². The van der Waals surface area contributed by atoms with E-state index in [0.29, 0.717) is 0 Å². The van der Waals surface area contributed by atoms with Gasteiger partial charge in [-0.3, -0.25) is 0 Å². The summed E-state index contributed by atoms with van der Waals surface area (Å²) in [6.45, 7) is 8.85. The van der Waals surface area contributed by atoms with E-state index >= 15 is 0 Å². The molecule has 0 aromatic carbocycles. The van der Waals surface area contributed by atoms with Crippen molar-refractivity contribution in [3.8, 4) is 0 Å². The van der Waals surface area contributed by atoms with E-state index < -0.39 is 0 Å². The van der Waals surface area contributed by atoms with Crippen molar-refractivity contribution < 1.29 is 9.47 Å². The number of hydrogen-bond donors (Lipinski definition) is 0. The van der Waals surface area contributed by atoms with Crippen molar-refractivity contribution in [1.82, 2.24) is 0 Å². The van der Waals surface area contributed by atoms with Gasteiger partial charge in [-0.1, -0.05) is 46.0 Å². The molecule has 0 radical (unpaired) electrons. The van der Waals surface area contributed by atoms with Crippen LogP contribution in [0.15, 0.2) is 0 Å². The lowest BCUT2D eigenvalue weighted by Gasteiger charge is -2.31. The third kappa shape index (κ3) is 7.15. The summed E-state index contributed by atoms with van der Waals surface area (Å²) in [6.07, 6.45) is 16.7. The highest BCUT2D eigenvalue weighted by Gasteiger charge is 2.25. The molecule has 0 spiro atoms. The summed E-state index contributed by atoms with van der Waals surface area (Å²) >= 11 is 0. The average Bonchev–Trinajstić information content (AvgIpc) is 2.62. The Balaban J connectivity index is 1.26. The maximum atomic E-state index is 6.18. The molecule has 6 unspecified atom stereocenters. The van der Waals surface area contributed by atoms with Crippen LogP contribution >= 0.6 is 0 Å². The Morgan fingerprint density at radius 3 is 1.23 bits per heavy atom. The normalized spacial score (nSPS) is 39.0. The van der Waals surface area contributed by atoms with Gasteiger partial charge in [-0.2, -0.15) is 0 Å². The van der Waals surface area contributed by atoms with Gasteiger partial charge in [0, 0.05) is 26.4 Å². The van der Waals surface area contributed by atoms with Crippen molar-refractivity contribution >= 4 is 0 Å². The van der Waals surface area contributed by atoms with E-state index in [1.165, 1.54) is 77.0 Å². The Bertz CT molecular complexity index is 348. The van der Waals surface area contributed by atoms with Gasteiger partial charge in [-0.25, -0.2) is 0 Å². The molecule has 2 nitrogen and oxygen atoms in total. The lowest BCUT2D eigenvalue weighted by Crippen LogP contribution is -2.26. The van der Waals surface area contributed by atoms with Crippen molar-refractivity contribution in [2.45, 2.75) is 90.9 Å². The molecule has 0 aliphatic heterocycles. The Kier molecular flexibility index (Phi) is 8.78. The molecule has 0 bridgehead atoms. The van der Waals surface area contributed by atoms with Crippen LogP contribution in [0.4, 0.5) is 0 Å². The maximum absolute atomic E-state index is 6.18. The molecular weight excluding hydrogens is 320 g/mol. The van der Waals surface area contributed by atoms with Crippen LogP contribution in [-0.4, -0.2) is 26.4 Å². The molecule has 3 aliphatic rings. The third-order valence-electron chi connectivity index (χ3n) is 7.40. The molecule has 0 saturated heterocycles. The molecule has 3 aliphatic carbocycles. The van der Waals surface area contributed by atoms with Crippen LogP contribution in [0.25, 0.3) is 0 Å². The lowest BCUT2D eigenvalue weighted by atomic mass is 9.81. The van der Waals surface area contributed by atoms with E-state index in [9.17, 15) is 0 Å². The van der Waals surface area contributed by atoms with Gasteiger partial charge in [0.25, 0.3) is 0 Å². The van der Waals surface area contributed by atoms with E-state index in [1.807, 2.05) is 0 Å². The molecule has 0 aromatic heterocycles. The molecule has 3 saturated carbocycles. The van der Waals surface area contributed by atoms with Gasteiger partial charge >= 0.3 is 0 Å². The fourth-order valence-corrected chi connectivity index (χ4v) is 5.93. The summed E-state index contributed by atoms with van der Waals surface area (Å²) in [6, 6.07) is 0. The van der Waals surface area contributed by atoms with Crippen molar-refractivity contribution in [2.24, 2.45) is 35.5 Å². The molecule has 0 heterocycles. The SMILES string of the molecule is CC1CCCC(COCC2CCCC(COCC3CCCC(C)C3)C2)C1. The predicted molar refractivity (Wildman–Crippen MR) is 109 cm³/mol. The van der Waals surface area contributed by atoms with Gasteiger partial charge in [0.1, 0.15) is 0 Å². The van der Waals surface area contributed by atoms with Crippen molar-refractivity contribution in [3.05, 3.63) is 0 Å². The summed E-state index contributed by atoms with van der Waals surface area (Å²) in [4.78, 5) is 0. The second-order valence-electron chi connectivity index (χ2n) is 10.2. The molecule has 26 heavy (non-hydrogen) atoms. The van der Waals surface area contributed by atoms with E-state index in [0.717, 1.165) is 61.9 Å². The van der Waals surface area contributed by atoms with Crippen LogP contribution in [0.5, 0.6) is 0 Å². The smallest absolute Gasteiger partial charge is 0.0494 e. The first-order chi connectivity index (χ1) is 12.7. The fourth-order valence-electron chi connectivity index (χ4n) is 5.93. The highest BCUT2D eigenvalue weighted by atomic mass is 16.5. The molecular formula is C24H44O2. The van der Waals surface area contributed by atoms with Crippen LogP contribution < -0.4 is 0 Å². The first-order valence-electron chi connectivity index (χ1n) is 11.8. The number of rotatable bonds is 8. The molecule has 3 rings (SSSR count). The van der Waals surface area contributed by atoms with Gasteiger partial charge in [-0.15, -0.1) is 0 Å². The largest absolute Gasteiger partial charge is 0.381 e. The highest BCUT2D eigenvalue weighted by Crippen LogP contribution is 2.32. The van der Waals surface area contributed by atoms with Crippen LogP contribution in [0.3, 0.4) is 0 Å². The quantitative estimate of drug-likeness (QED) is 0.491. The first-order valence-corrected chi connectivity index (χ1v) is 11.8. The summed E-state index contributed by atoms with van der Waals surface area (Å²) in [5.74, 6) is 5.07. The van der Waals surface area contributed by atoms with Crippen molar-refractivity contribution in [1.29, 1.82) is 0 Å². The molecule has 152 valence electrons. The zero-order valence-corrected chi connectivity index (χ0v) is 17.6. The maximum Gasteiger partial charge on any atom is 0.0494 e. The molecule has 3 fully saturated rings. The third-order valence-corrected chi connectivity index (χ3v) is 7.40. The minimum absolute atomic E-state index is 0.785. The van der Waals surface area contributed by atoms with E-state index in [4.69, 9.17) is 9.47 Å². The van der Waals surface area contributed by atoms with Gasteiger partial charge in [0.15, 0.2) is 0 Å². The Morgan fingerprint density at radius 1 is 0.500 bits per heavy atom. The Labute approximate surface area is 162 Å². The summed E-state index contributed by atoms with van der Waals surface area (Å²) in [5.41, 5.74) is 0. The second-order valence-corrected chi connectivity index (χ2v) is 10.2. The lowest BCUT2D eigenvalue weighted by molar-refractivity contribution is 0.0130. The fraction of sp³-hybridized carbons (Fsp3) is 1.00. The molecule has 0 aromatic rings. The molecule has 0 amide bonds. The predicted octanol–water partition coefficient (Wildman–Crippen LogP) is 6.48. The summed E-state index contributed by atoms with van der Waals surface area (Å²) < 4.78 is 12.4. The minimum Gasteiger partial charge on any atom is -0.381 e. The monoisotopic (exact) mass is 364 g/mol. The number of hydrogen-bond acceptors (Lipinski definition) is 2. The second kappa shape index (κ2) is 11.1. The van der Waals surface area contributed by atoms with Gasteiger partial charge in [-0.05, 0) is 80.5 Å². The van der Waals surface area contributed by atoms with Crippen LogP contribution in [0.2, 0.25) is 0 Å². The van der Waals surface area contributed by atoms with Crippen molar-refractivity contribution in [3.63, 3.8) is 0 Å². The van der Waals surface area contributed by atoms with E-state index in [2.05, 4.69) is 13.8 Å². The molecule has 0 N–H and O–H groups in total. The summed E-state index contributed by atoms with van der Waals surface area (Å²) in [7, 11) is 0. The average molecular weight is 365 g/mol. The highest BCUT2D eigenvalue weighted by molar-refractivity contribution is 4.75. The molecule has 6 atom stereocenters. The van der Waals surface area contributed by atoms with Gasteiger partial charge in [0.05, 0.1) is 0 Å². The Hall–Kier alpha value is -0.0800. The van der Waals surface area contributed by atoms with E-state index in [-0.39, 0.29) is 0 Å². The van der Waals surface area contributed by atoms with E-state index in [1.54, 1.807) is 0 Å². The summed E-state index contributed by atoms with van der Waals surface area (Å²) in [5, 5.41) is 0. The Morgan fingerprint density at radius 2 is 0.846 bits per heavy atom. The molecule has 2 heteroatoms. The first kappa shape index (κ1) is 20.6. The van der Waals surface area contributed by atoms with Crippen molar-refractivity contribution in [2.75, 3.05) is 26.4 Å². The zero-order chi connectivity index (χ0) is 18.2.